The van der Waals surface area contributed by atoms with Gasteiger partial charge < -0.3 is 4.52 Å². The number of aromatic nitrogens is 1. The minimum atomic E-state index is -2.80. The number of hydrogen-bond acceptors (Lipinski definition) is 7. The second kappa shape index (κ2) is 6.59. The molecule has 2 aliphatic heterocycles. The number of hydrogen-bond donors (Lipinski definition) is 0. The maximum Gasteiger partial charge on any atom is 0.177 e. The summed E-state index contributed by atoms with van der Waals surface area (Å²) in [5.74, 6) is 1.51. The summed E-state index contributed by atoms with van der Waals surface area (Å²) in [6.07, 6.45) is 0.787. The van der Waals surface area contributed by atoms with Crippen LogP contribution in [-0.2, 0) is 16.4 Å². The van der Waals surface area contributed by atoms with E-state index in [0.717, 1.165) is 55.5 Å². The van der Waals surface area contributed by atoms with Gasteiger partial charge in [0.1, 0.15) is 0 Å². The van der Waals surface area contributed by atoms with Crippen LogP contribution in [0.2, 0.25) is 0 Å². The van der Waals surface area contributed by atoms with Gasteiger partial charge in [-0.15, -0.1) is 11.3 Å². The number of rotatable bonds is 4. The molecule has 2 saturated heterocycles. The second-order valence-corrected chi connectivity index (χ2v) is 9.71. The largest absolute Gasteiger partial charge is 0.355 e. The molecule has 130 valence electrons. The zero-order chi connectivity index (χ0) is 16.6. The van der Waals surface area contributed by atoms with Gasteiger partial charge in [0.15, 0.2) is 15.6 Å². The molecule has 2 aromatic heterocycles. The van der Waals surface area contributed by atoms with E-state index in [4.69, 9.17) is 4.52 Å². The summed E-state index contributed by atoms with van der Waals surface area (Å²) in [6.45, 7) is 4.52. The average molecular weight is 367 g/mol. The lowest BCUT2D eigenvalue weighted by Gasteiger charge is -2.37. The second-order valence-electron chi connectivity index (χ2n) is 6.53. The van der Waals surface area contributed by atoms with E-state index in [1.807, 2.05) is 23.6 Å². The summed E-state index contributed by atoms with van der Waals surface area (Å²) < 4.78 is 28.7. The standard InChI is InChI=1S/C16H21N3O3S2/c20-24(21)9-3-14(12-24)19-6-4-18(5-7-19)11-13-10-15(22-17-13)16-2-1-8-23-16/h1-2,8,10,14H,3-7,9,11-12H2/t14-/m1/s1. The van der Waals surface area contributed by atoms with E-state index < -0.39 is 9.84 Å². The van der Waals surface area contributed by atoms with E-state index >= 15 is 0 Å². The van der Waals surface area contributed by atoms with E-state index in [-0.39, 0.29) is 6.04 Å². The quantitative estimate of drug-likeness (QED) is 0.820. The van der Waals surface area contributed by atoms with Crippen molar-refractivity contribution in [1.29, 1.82) is 0 Å². The first-order valence-corrected chi connectivity index (χ1v) is 11.0. The zero-order valence-corrected chi connectivity index (χ0v) is 15.1. The molecule has 0 N–H and O–H groups in total. The summed E-state index contributed by atoms with van der Waals surface area (Å²) in [6, 6.07) is 6.27. The fourth-order valence-electron chi connectivity index (χ4n) is 3.50. The van der Waals surface area contributed by atoms with E-state index in [1.165, 1.54) is 0 Å². The predicted octanol–water partition coefficient (Wildman–Crippen LogP) is 1.71. The lowest BCUT2D eigenvalue weighted by molar-refractivity contribution is 0.0985. The first-order valence-electron chi connectivity index (χ1n) is 8.25. The van der Waals surface area contributed by atoms with Crippen LogP contribution in [0.15, 0.2) is 28.1 Å². The molecule has 8 heteroatoms. The van der Waals surface area contributed by atoms with Crippen LogP contribution in [0, 0.1) is 0 Å². The van der Waals surface area contributed by atoms with Crippen LogP contribution < -0.4 is 0 Å². The minimum absolute atomic E-state index is 0.217. The van der Waals surface area contributed by atoms with Gasteiger partial charge in [0.05, 0.1) is 22.1 Å². The van der Waals surface area contributed by atoms with Crippen LogP contribution in [0.1, 0.15) is 12.1 Å². The molecule has 0 radical (unpaired) electrons. The van der Waals surface area contributed by atoms with Crippen molar-refractivity contribution >= 4 is 21.2 Å². The van der Waals surface area contributed by atoms with Crippen molar-refractivity contribution in [1.82, 2.24) is 15.0 Å². The van der Waals surface area contributed by atoms with Crippen molar-refractivity contribution in [2.75, 3.05) is 37.7 Å². The molecule has 0 bridgehead atoms. The van der Waals surface area contributed by atoms with Crippen LogP contribution in [-0.4, -0.2) is 67.1 Å². The summed E-state index contributed by atoms with van der Waals surface area (Å²) in [7, 11) is -2.80. The van der Waals surface area contributed by atoms with Crippen molar-refractivity contribution in [2.45, 2.75) is 19.0 Å². The molecule has 24 heavy (non-hydrogen) atoms. The highest BCUT2D eigenvalue weighted by atomic mass is 32.2. The van der Waals surface area contributed by atoms with E-state index in [1.54, 1.807) is 11.3 Å². The van der Waals surface area contributed by atoms with Gasteiger partial charge in [0.25, 0.3) is 0 Å². The molecule has 0 saturated carbocycles. The summed E-state index contributed by atoms with van der Waals surface area (Å²) in [5.41, 5.74) is 0.954. The van der Waals surface area contributed by atoms with Gasteiger partial charge in [-0.05, 0) is 17.9 Å². The Hall–Kier alpha value is -1.22. The van der Waals surface area contributed by atoms with Crippen LogP contribution in [0.3, 0.4) is 0 Å². The van der Waals surface area contributed by atoms with Crippen molar-refractivity contribution in [3.63, 3.8) is 0 Å². The minimum Gasteiger partial charge on any atom is -0.355 e. The molecule has 4 heterocycles. The molecular weight excluding hydrogens is 346 g/mol. The van der Waals surface area contributed by atoms with Crippen molar-refractivity contribution in [3.05, 3.63) is 29.3 Å². The maximum absolute atomic E-state index is 11.6. The third-order valence-corrected chi connectivity index (χ3v) is 7.48. The Morgan fingerprint density at radius 2 is 2.12 bits per heavy atom. The Balaban J connectivity index is 1.31. The zero-order valence-electron chi connectivity index (χ0n) is 13.4. The summed E-state index contributed by atoms with van der Waals surface area (Å²) in [4.78, 5) is 5.79. The SMILES string of the molecule is O=S1(=O)CC[C@@H](N2CCN(Cc3cc(-c4cccs4)on3)CC2)C1. The van der Waals surface area contributed by atoms with Crippen molar-refractivity contribution in [3.8, 4) is 10.6 Å². The third kappa shape index (κ3) is 3.56. The van der Waals surface area contributed by atoms with Crippen LogP contribution in [0.5, 0.6) is 0 Å². The molecule has 0 amide bonds. The molecule has 0 spiro atoms. The molecular formula is C16H21N3O3S2. The lowest BCUT2D eigenvalue weighted by atomic mass is 10.2. The number of sulfone groups is 1. The fourth-order valence-corrected chi connectivity index (χ4v) is 5.94. The Morgan fingerprint density at radius 1 is 1.29 bits per heavy atom. The lowest BCUT2D eigenvalue weighted by Crippen LogP contribution is -2.50. The molecule has 2 fully saturated rings. The maximum atomic E-state index is 11.6. The molecule has 0 aromatic carbocycles. The Kier molecular flexibility index (Phi) is 4.46. The molecule has 4 rings (SSSR count). The van der Waals surface area contributed by atoms with Gasteiger partial charge in [0.2, 0.25) is 0 Å². The van der Waals surface area contributed by atoms with Gasteiger partial charge in [0, 0.05) is 44.8 Å². The Bertz CT molecular complexity index is 777. The first kappa shape index (κ1) is 16.3. The number of thiophene rings is 1. The topological polar surface area (TPSA) is 66.7 Å². The first-order chi connectivity index (χ1) is 11.6. The van der Waals surface area contributed by atoms with Crippen molar-refractivity contribution < 1.29 is 12.9 Å². The highest BCUT2D eigenvalue weighted by Gasteiger charge is 2.33. The average Bonchev–Trinajstić information content (AvgIpc) is 3.28. The smallest absolute Gasteiger partial charge is 0.177 e. The number of piperazine rings is 1. The molecule has 1 atom stereocenters. The Labute approximate surface area is 146 Å². The molecule has 2 aromatic rings. The third-order valence-electron chi connectivity index (χ3n) is 4.84. The highest BCUT2D eigenvalue weighted by molar-refractivity contribution is 7.91. The molecule has 6 nitrogen and oxygen atoms in total. The van der Waals surface area contributed by atoms with Gasteiger partial charge in [-0.3, -0.25) is 9.80 Å². The molecule has 2 aliphatic rings. The van der Waals surface area contributed by atoms with Crippen LogP contribution in [0.4, 0.5) is 0 Å². The van der Waals surface area contributed by atoms with Gasteiger partial charge in [-0.25, -0.2) is 8.42 Å². The Morgan fingerprint density at radius 3 is 2.79 bits per heavy atom. The summed E-state index contributed by atoms with van der Waals surface area (Å²) >= 11 is 1.65. The van der Waals surface area contributed by atoms with Crippen molar-refractivity contribution in [2.24, 2.45) is 0 Å². The number of nitrogens with zero attached hydrogens (tertiary/aromatic N) is 3. The van der Waals surface area contributed by atoms with Gasteiger partial charge in [-0.1, -0.05) is 11.2 Å². The van der Waals surface area contributed by atoms with Crippen LogP contribution >= 0.6 is 11.3 Å². The predicted molar refractivity (Wildman–Crippen MR) is 93.7 cm³/mol. The highest BCUT2D eigenvalue weighted by Crippen LogP contribution is 2.26. The molecule has 0 aliphatic carbocycles. The van der Waals surface area contributed by atoms with Gasteiger partial charge in [-0.2, -0.15) is 0 Å². The van der Waals surface area contributed by atoms with E-state index in [0.29, 0.717) is 11.5 Å². The van der Waals surface area contributed by atoms with Crippen LogP contribution in [0.25, 0.3) is 10.6 Å². The molecule has 0 unspecified atom stereocenters. The summed E-state index contributed by atoms with van der Waals surface area (Å²) in [5, 5.41) is 6.21. The fraction of sp³-hybridized carbons (Fsp3) is 0.562. The van der Waals surface area contributed by atoms with E-state index in [2.05, 4.69) is 15.0 Å². The van der Waals surface area contributed by atoms with Gasteiger partial charge >= 0.3 is 0 Å². The monoisotopic (exact) mass is 367 g/mol. The normalized spacial score (nSPS) is 25.2. The van der Waals surface area contributed by atoms with E-state index in [9.17, 15) is 8.42 Å².